The lowest BCUT2D eigenvalue weighted by Crippen LogP contribution is -2.34. The van der Waals surface area contributed by atoms with Crippen LogP contribution in [0, 0.1) is 5.92 Å². The van der Waals surface area contributed by atoms with Crippen LogP contribution < -0.4 is 5.32 Å². The van der Waals surface area contributed by atoms with Crippen molar-refractivity contribution in [2.75, 3.05) is 11.9 Å². The number of fused-ring (bicyclic) bond motifs is 1. The smallest absolute Gasteiger partial charge is 0.154 e. The van der Waals surface area contributed by atoms with Crippen LogP contribution in [0.1, 0.15) is 25.7 Å². The monoisotopic (exact) mass is 260 g/mol. The number of hydrogen-bond acceptors (Lipinski definition) is 4. The SMILES string of the molecule is Cn1cnc2c(NC3CCCCC3CO)nccc21. The van der Waals surface area contributed by atoms with Crippen molar-refractivity contribution in [1.29, 1.82) is 0 Å². The Morgan fingerprint density at radius 1 is 1.37 bits per heavy atom. The molecule has 2 heterocycles. The van der Waals surface area contributed by atoms with Gasteiger partial charge in [0.2, 0.25) is 0 Å². The summed E-state index contributed by atoms with van der Waals surface area (Å²) in [5.41, 5.74) is 1.99. The number of imidazole rings is 1. The summed E-state index contributed by atoms with van der Waals surface area (Å²) in [6.45, 7) is 0.246. The van der Waals surface area contributed by atoms with Crippen LogP contribution in [0.5, 0.6) is 0 Å². The Balaban J connectivity index is 1.88. The zero-order valence-corrected chi connectivity index (χ0v) is 11.2. The second kappa shape index (κ2) is 5.17. The molecule has 0 saturated heterocycles. The van der Waals surface area contributed by atoms with Gasteiger partial charge in [0.05, 0.1) is 11.8 Å². The van der Waals surface area contributed by atoms with Gasteiger partial charge >= 0.3 is 0 Å². The summed E-state index contributed by atoms with van der Waals surface area (Å²) >= 11 is 0. The van der Waals surface area contributed by atoms with Crippen molar-refractivity contribution >= 4 is 16.9 Å². The molecule has 0 aliphatic heterocycles. The third kappa shape index (κ3) is 2.30. The highest BCUT2D eigenvalue weighted by atomic mass is 16.3. The van der Waals surface area contributed by atoms with Crippen molar-refractivity contribution in [3.05, 3.63) is 18.6 Å². The molecule has 2 atom stereocenters. The van der Waals surface area contributed by atoms with Crippen LogP contribution in [-0.2, 0) is 7.05 Å². The van der Waals surface area contributed by atoms with Crippen molar-refractivity contribution in [2.45, 2.75) is 31.7 Å². The fourth-order valence-electron chi connectivity index (χ4n) is 2.96. The highest BCUT2D eigenvalue weighted by molar-refractivity contribution is 5.85. The fourth-order valence-corrected chi connectivity index (χ4v) is 2.96. The second-order valence-corrected chi connectivity index (χ2v) is 5.36. The molecular formula is C14H20N4O. The third-order valence-corrected chi connectivity index (χ3v) is 4.11. The van der Waals surface area contributed by atoms with Gasteiger partial charge in [0.1, 0.15) is 5.52 Å². The molecule has 0 amide bonds. The molecule has 5 nitrogen and oxygen atoms in total. The predicted octanol–water partition coefficient (Wildman–Crippen LogP) is 1.93. The summed E-state index contributed by atoms with van der Waals surface area (Å²) in [5.74, 6) is 1.16. The van der Waals surface area contributed by atoms with Gasteiger partial charge in [0.25, 0.3) is 0 Å². The zero-order chi connectivity index (χ0) is 13.2. The first-order valence-electron chi connectivity index (χ1n) is 6.93. The van der Waals surface area contributed by atoms with E-state index in [0.29, 0.717) is 12.0 Å². The van der Waals surface area contributed by atoms with Crippen LogP contribution in [0.4, 0.5) is 5.82 Å². The maximum absolute atomic E-state index is 9.48. The molecule has 2 aromatic heterocycles. The summed E-state index contributed by atoms with van der Waals surface area (Å²) in [6.07, 6.45) is 8.23. The number of nitrogens with zero attached hydrogens (tertiary/aromatic N) is 3. The Hall–Kier alpha value is -1.62. The number of aliphatic hydroxyl groups excluding tert-OH is 1. The van der Waals surface area contributed by atoms with Gasteiger partial charge < -0.3 is 15.0 Å². The van der Waals surface area contributed by atoms with Crippen molar-refractivity contribution in [1.82, 2.24) is 14.5 Å². The first-order chi connectivity index (χ1) is 9.29. The molecule has 2 aromatic rings. The summed E-state index contributed by atoms with van der Waals surface area (Å²) in [4.78, 5) is 8.82. The van der Waals surface area contributed by atoms with Crippen LogP contribution in [0.3, 0.4) is 0 Å². The van der Waals surface area contributed by atoms with E-state index >= 15 is 0 Å². The predicted molar refractivity (Wildman–Crippen MR) is 75.0 cm³/mol. The molecule has 0 bridgehead atoms. The Labute approximate surface area is 112 Å². The molecule has 1 fully saturated rings. The van der Waals surface area contributed by atoms with Gasteiger partial charge in [0, 0.05) is 31.8 Å². The number of aliphatic hydroxyl groups is 1. The van der Waals surface area contributed by atoms with E-state index in [9.17, 15) is 5.11 Å². The Kier molecular flexibility index (Phi) is 3.38. The van der Waals surface area contributed by atoms with Gasteiger partial charge in [-0.05, 0) is 18.9 Å². The van der Waals surface area contributed by atoms with Gasteiger partial charge in [-0.15, -0.1) is 0 Å². The minimum absolute atomic E-state index is 0.246. The second-order valence-electron chi connectivity index (χ2n) is 5.36. The standard InChI is InChI=1S/C14H20N4O/c1-18-9-16-13-12(18)6-7-15-14(13)17-11-5-3-2-4-10(11)8-19/h6-7,9-11,19H,2-5,8H2,1H3,(H,15,17). The molecule has 1 saturated carbocycles. The van der Waals surface area contributed by atoms with Gasteiger partial charge in [-0.3, -0.25) is 0 Å². The summed E-state index contributed by atoms with van der Waals surface area (Å²) < 4.78 is 1.99. The lowest BCUT2D eigenvalue weighted by Gasteiger charge is -2.31. The van der Waals surface area contributed by atoms with Crippen LogP contribution in [0.15, 0.2) is 18.6 Å². The summed E-state index contributed by atoms with van der Waals surface area (Å²) in [6, 6.07) is 2.27. The van der Waals surface area contributed by atoms with E-state index < -0.39 is 0 Å². The normalized spacial score (nSPS) is 23.7. The van der Waals surface area contributed by atoms with E-state index in [2.05, 4.69) is 15.3 Å². The van der Waals surface area contributed by atoms with E-state index in [1.165, 1.54) is 12.8 Å². The first-order valence-corrected chi connectivity index (χ1v) is 6.93. The molecule has 0 spiro atoms. The van der Waals surface area contributed by atoms with Crippen molar-refractivity contribution in [2.24, 2.45) is 13.0 Å². The van der Waals surface area contributed by atoms with Gasteiger partial charge in [-0.2, -0.15) is 0 Å². The van der Waals surface area contributed by atoms with E-state index in [1.54, 1.807) is 0 Å². The third-order valence-electron chi connectivity index (χ3n) is 4.11. The van der Waals surface area contributed by atoms with Gasteiger partial charge in [-0.1, -0.05) is 12.8 Å². The molecule has 1 aliphatic rings. The summed E-state index contributed by atoms with van der Waals surface area (Å²) in [5, 5.41) is 13.0. The molecular weight excluding hydrogens is 240 g/mol. The lowest BCUT2D eigenvalue weighted by molar-refractivity contribution is 0.178. The number of hydrogen-bond donors (Lipinski definition) is 2. The first kappa shape index (κ1) is 12.4. The average molecular weight is 260 g/mol. The fraction of sp³-hybridized carbons (Fsp3) is 0.571. The largest absolute Gasteiger partial charge is 0.396 e. The quantitative estimate of drug-likeness (QED) is 0.885. The molecule has 5 heteroatoms. The summed E-state index contributed by atoms with van der Waals surface area (Å²) in [7, 11) is 1.98. The topological polar surface area (TPSA) is 63.0 Å². The minimum atomic E-state index is 0.246. The maximum atomic E-state index is 9.48. The van der Waals surface area contributed by atoms with Gasteiger partial charge in [0.15, 0.2) is 5.82 Å². The lowest BCUT2D eigenvalue weighted by atomic mass is 9.85. The Morgan fingerprint density at radius 3 is 3.05 bits per heavy atom. The van der Waals surface area contributed by atoms with Crippen molar-refractivity contribution in [3.63, 3.8) is 0 Å². The zero-order valence-electron chi connectivity index (χ0n) is 11.2. The number of aromatic nitrogens is 3. The molecule has 0 aromatic carbocycles. The van der Waals surface area contributed by atoms with Crippen LogP contribution in [0.2, 0.25) is 0 Å². The molecule has 0 radical (unpaired) electrons. The van der Waals surface area contributed by atoms with Crippen molar-refractivity contribution in [3.8, 4) is 0 Å². The Bertz CT molecular complexity index is 566. The number of nitrogens with one attached hydrogen (secondary N) is 1. The maximum Gasteiger partial charge on any atom is 0.154 e. The minimum Gasteiger partial charge on any atom is -0.396 e. The van der Waals surface area contributed by atoms with Crippen LogP contribution in [-0.4, -0.2) is 32.3 Å². The highest BCUT2D eigenvalue weighted by Crippen LogP contribution is 2.28. The molecule has 2 unspecified atom stereocenters. The molecule has 102 valence electrons. The van der Waals surface area contributed by atoms with E-state index in [4.69, 9.17) is 0 Å². The van der Waals surface area contributed by atoms with E-state index in [-0.39, 0.29) is 6.61 Å². The molecule has 19 heavy (non-hydrogen) atoms. The molecule has 2 N–H and O–H groups in total. The molecule has 1 aliphatic carbocycles. The number of rotatable bonds is 3. The average Bonchev–Trinajstić information content (AvgIpc) is 2.82. The Morgan fingerprint density at radius 2 is 2.21 bits per heavy atom. The number of anilines is 1. The number of pyridine rings is 1. The van der Waals surface area contributed by atoms with E-state index in [1.807, 2.05) is 30.2 Å². The van der Waals surface area contributed by atoms with Crippen LogP contribution >= 0.6 is 0 Å². The van der Waals surface area contributed by atoms with Crippen molar-refractivity contribution < 1.29 is 5.11 Å². The van der Waals surface area contributed by atoms with E-state index in [0.717, 1.165) is 29.7 Å². The van der Waals surface area contributed by atoms with Gasteiger partial charge in [-0.25, -0.2) is 9.97 Å². The van der Waals surface area contributed by atoms with Crippen LogP contribution in [0.25, 0.3) is 11.0 Å². The number of aryl methyl sites for hydroxylation is 1. The highest BCUT2D eigenvalue weighted by Gasteiger charge is 2.25. The molecule has 3 rings (SSSR count).